The van der Waals surface area contributed by atoms with Gasteiger partial charge in [-0.15, -0.1) is 11.3 Å². The summed E-state index contributed by atoms with van der Waals surface area (Å²) in [6, 6.07) is 14.6. The summed E-state index contributed by atoms with van der Waals surface area (Å²) in [6.07, 6.45) is -0.0240. The Labute approximate surface area is 147 Å². The third-order valence-electron chi connectivity index (χ3n) is 3.67. The number of aliphatic hydroxyl groups excluding tert-OH is 1. The number of amides is 1. The maximum atomic E-state index is 11.9. The van der Waals surface area contributed by atoms with Crippen molar-refractivity contribution >= 4 is 33.4 Å². The van der Waals surface area contributed by atoms with E-state index in [1.54, 1.807) is 0 Å². The highest BCUT2D eigenvalue weighted by Crippen LogP contribution is 2.28. The molecule has 0 bridgehead atoms. The lowest BCUT2D eigenvalue weighted by Crippen LogP contribution is -2.43. The Kier molecular flexibility index (Phi) is 5.06. The van der Waals surface area contributed by atoms with Gasteiger partial charge in [0.2, 0.25) is 5.91 Å². The predicted molar refractivity (Wildman–Crippen MR) is 95.4 cm³/mol. The molecule has 0 radical (unpaired) electrons. The number of rotatable bonds is 6. The number of fused-ring (bicyclic) bond motifs is 1. The van der Waals surface area contributed by atoms with Gasteiger partial charge < -0.3 is 15.5 Å². The van der Waals surface area contributed by atoms with Crippen LogP contribution in [0.15, 0.2) is 48.5 Å². The Bertz CT molecular complexity index is 908. The molecule has 1 atom stereocenters. The Morgan fingerprint density at radius 1 is 1.12 bits per heavy atom. The van der Waals surface area contributed by atoms with Crippen LogP contribution in [0.1, 0.15) is 5.01 Å². The molecule has 25 heavy (non-hydrogen) atoms. The number of nitrogens with one attached hydrogen (secondary N) is 1. The molecule has 0 spiro atoms. The molecule has 6 nitrogen and oxygen atoms in total. The molecule has 1 aromatic heterocycles. The van der Waals surface area contributed by atoms with Crippen molar-refractivity contribution in [2.75, 3.05) is 6.61 Å². The zero-order chi connectivity index (χ0) is 17.8. The zero-order valence-electron chi connectivity index (χ0n) is 13.2. The van der Waals surface area contributed by atoms with Gasteiger partial charge in [-0.3, -0.25) is 4.79 Å². The minimum atomic E-state index is -1.30. The van der Waals surface area contributed by atoms with Gasteiger partial charge in [0.05, 0.1) is 23.2 Å². The summed E-state index contributed by atoms with van der Waals surface area (Å²) in [7, 11) is 0. The second-order valence-corrected chi connectivity index (χ2v) is 6.59. The van der Waals surface area contributed by atoms with Crippen LogP contribution in [0, 0.1) is 0 Å². The zero-order valence-corrected chi connectivity index (χ0v) is 14.0. The van der Waals surface area contributed by atoms with Crippen LogP contribution in [0.2, 0.25) is 0 Å². The molecule has 1 heterocycles. The van der Waals surface area contributed by atoms with Crippen LogP contribution in [0.3, 0.4) is 0 Å². The fourth-order valence-corrected chi connectivity index (χ4v) is 3.38. The number of thiazole rings is 1. The standard InChI is InChI=1S/C18H16N2O4S/c21-10-14(18(23)24)19-16(22)9-17-20-13-8-12(6-7-15(13)25-17)11-4-2-1-3-5-11/h1-8,14,21H,9-10H2,(H,19,22)(H,23,24)/t14-/m0/s1. The lowest BCUT2D eigenvalue weighted by Gasteiger charge is -2.10. The first-order chi connectivity index (χ1) is 12.1. The van der Waals surface area contributed by atoms with Crippen molar-refractivity contribution in [1.82, 2.24) is 10.3 Å². The molecule has 0 fully saturated rings. The van der Waals surface area contributed by atoms with Crippen molar-refractivity contribution in [2.45, 2.75) is 12.5 Å². The van der Waals surface area contributed by atoms with E-state index in [9.17, 15) is 9.59 Å². The van der Waals surface area contributed by atoms with E-state index in [1.165, 1.54) is 11.3 Å². The molecule has 0 saturated carbocycles. The maximum Gasteiger partial charge on any atom is 0.328 e. The van der Waals surface area contributed by atoms with Crippen LogP contribution in [-0.4, -0.2) is 39.7 Å². The highest BCUT2D eigenvalue weighted by atomic mass is 32.1. The molecule has 7 heteroatoms. The fourth-order valence-electron chi connectivity index (χ4n) is 2.43. The van der Waals surface area contributed by atoms with E-state index >= 15 is 0 Å². The van der Waals surface area contributed by atoms with Gasteiger partial charge in [-0.1, -0.05) is 36.4 Å². The van der Waals surface area contributed by atoms with E-state index in [4.69, 9.17) is 10.2 Å². The van der Waals surface area contributed by atoms with Crippen molar-refractivity contribution in [2.24, 2.45) is 0 Å². The average Bonchev–Trinajstić information content (AvgIpc) is 3.01. The molecule has 128 valence electrons. The number of nitrogens with zero attached hydrogens (tertiary/aromatic N) is 1. The SMILES string of the molecule is O=C(Cc1nc2cc(-c3ccccc3)ccc2s1)N[C@@H](CO)C(=O)O. The van der Waals surface area contributed by atoms with E-state index in [2.05, 4.69) is 10.3 Å². The van der Waals surface area contributed by atoms with Gasteiger partial charge >= 0.3 is 5.97 Å². The molecular formula is C18H16N2O4S. The molecular weight excluding hydrogens is 340 g/mol. The number of hydrogen-bond donors (Lipinski definition) is 3. The number of hydrogen-bond acceptors (Lipinski definition) is 5. The number of carboxylic acid groups (broad SMARTS) is 1. The van der Waals surface area contributed by atoms with Gasteiger partial charge in [-0.2, -0.15) is 0 Å². The minimum absolute atomic E-state index is 0.0240. The van der Waals surface area contributed by atoms with Crippen molar-refractivity contribution in [3.8, 4) is 11.1 Å². The van der Waals surface area contributed by atoms with Gasteiger partial charge in [0, 0.05) is 0 Å². The predicted octanol–water partition coefficient (Wildman–Crippen LogP) is 2.07. The normalized spacial score (nSPS) is 12.0. The second-order valence-electron chi connectivity index (χ2n) is 5.47. The van der Waals surface area contributed by atoms with E-state index in [0.29, 0.717) is 5.01 Å². The van der Waals surface area contributed by atoms with Gasteiger partial charge in [0.15, 0.2) is 0 Å². The quantitative estimate of drug-likeness (QED) is 0.628. The molecule has 0 unspecified atom stereocenters. The third kappa shape index (κ3) is 4.01. The molecule has 3 aromatic rings. The average molecular weight is 356 g/mol. The van der Waals surface area contributed by atoms with E-state index in [1.807, 2.05) is 48.5 Å². The number of benzene rings is 2. The van der Waals surface area contributed by atoms with Crippen molar-refractivity contribution in [1.29, 1.82) is 0 Å². The van der Waals surface area contributed by atoms with Crippen molar-refractivity contribution in [3.05, 3.63) is 53.5 Å². The smallest absolute Gasteiger partial charge is 0.328 e. The Hall–Kier alpha value is -2.77. The summed E-state index contributed by atoms with van der Waals surface area (Å²) < 4.78 is 0.958. The van der Waals surface area contributed by atoms with Gasteiger partial charge in [0.25, 0.3) is 0 Å². The van der Waals surface area contributed by atoms with Crippen LogP contribution in [0.5, 0.6) is 0 Å². The first-order valence-electron chi connectivity index (χ1n) is 7.64. The van der Waals surface area contributed by atoms with Crippen LogP contribution in [0.4, 0.5) is 0 Å². The summed E-state index contributed by atoms with van der Waals surface area (Å²) in [5.41, 5.74) is 2.93. The van der Waals surface area contributed by atoms with Gasteiger partial charge in [0.1, 0.15) is 11.0 Å². The van der Waals surface area contributed by atoms with Crippen LogP contribution in [0.25, 0.3) is 21.3 Å². The van der Waals surface area contributed by atoms with Crippen molar-refractivity contribution < 1.29 is 19.8 Å². The van der Waals surface area contributed by atoms with Gasteiger partial charge in [-0.05, 0) is 23.3 Å². The molecule has 0 aliphatic carbocycles. The summed E-state index contributed by atoms with van der Waals surface area (Å²) in [5, 5.41) is 20.7. The minimum Gasteiger partial charge on any atom is -0.480 e. The molecule has 1 amide bonds. The van der Waals surface area contributed by atoms with Crippen LogP contribution < -0.4 is 5.32 Å². The Morgan fingerprint density at radius 2 is 1.88 bits per heavy atom. The van der Waals surface area contributed by atoms with E-state index in [-0.39, 0.29) is 6.42 Å². The fraction of sp³-hybridized carbons (Fsp3) is 0.167. The van der Waals surface area contributed by atoms with Crippen molar-refractivity contribution in [3.63, 3.8) is 0 Å². The number of aliphatic carboxylic acids is 1. The van der Waals surface area contributed by atoms with Gasteiger partial charge in [-0.25, -0.2) is 9.78 Å². The highest BCUT2D eigenvalue weighted by molar-refractivity contribution is 7.18. The van der Waals surface area contributed by atoms with Crippen LogP contribution in [-0.2, 0) is 16.0 Å². The van der Waals surface area contributed by atoms with Crippen LogP contribution >= 0.6 is 11.3 Å². The number of carboxylic acids is 1. The summed E-state index contributed by atoms with van der Waals surface area (Å²) >= 11 is 1.39. The second kappa shape index (κ2) is 7.42. The third-order valence-corrected chi connectivity index (χ3v) is 4.70. The molecule has 2 aromatic carbocycles. The first-order valence-corrected chi connectivity index (χ1v) is 8.46. The highest BCUT2D eigenvalue weighted by Gasteiger charge is 2.19. The lowest BCUT2D eigenvalue weighted by molar-refractivity contribution is -0.142. The Morgan fingerprint density at radius 3 is 2.56 bits per heavy atom. The largest absolute Gasteiger partial charge is 0.480 e. The number of aliphatic hydroxyl groups is 1. The molecule has 0 saturated heterocycles. The topological polar surface area (TPSA) is 99.5 Å². The summed E-state index contributed by atoms with van der Waals surface area (Å²) in [6.45, 7) is -0.651. The molecule has 3 rings (SSSR count). The number of aromatic nitrogens is 1. The number of carbonyl (C=O) groups excluding carboxylic acids is 1. The first kappa shape index (κ1) is 17.1. The van der Waals surface area contributed by atoms with E-state index < -0.39 is 24.5 Å². The number of carbonyl (C=O) groups is 2. The Balaban J connectivity index is 1.77. The lowest BCUT2D eigenvalue weighted by atomic mass is 10.1. The van der Waals surface area contributed by atoms with E-state index in [0.717, 1.165) is 21.3 Å². The molecule has 0 aliphatic heterocycles. The molecule has 0 aliphatic rings. The monoisotopic (exact) mass is 356 g/mol. The summed E-state index contributed by atoms with van der Waals surface area (Å²) in [5.74, 6) is -1.75. The summed E-state index contributed by atoms with van der Waals surface area (Å²) in [4.78, 5) is 27.2. The maximum absolute atomic E-state index is 11.9. The molecule has 3 N–H and O–H groups in total.